The van der Waals surface area contributed by atoms with Gasteiger partial charge in [0.1, 0.15) is 5.75 Å². The van der Waals surface area contributed by atoms with E-state index in [0.717, 1.165) is 38.0 Å². The summed E-state index contributed by atoms with van der Waals surface area (Å²) in [6.45, 7) is 5.95. The number of amides is 1. The predicted molar refractivity (Wildman–Crippen MR) is 119 cm³/mol. The Kier molecular flexibility index (Phi) is 7.37. The number of rotatable bonds is 8. The van der Waals surface area contributed by atoms with Crippen molar-refractivity contribution >= 4 is 21.4 Å². The van der Waals surface area contributed by atoms with Crippen molar-refractivity contribution in [3.8, 4) is 5.75 Å². The van der Waals surface area contributed by atoms with Crippen molar-refractivity contribution < 1.29 is 17.9 Å². The van der Waals surface area contributed by atoms with Crippen LogP contribution >= 0.6 is 0 Å². The molecule has 1 heterocycles. The normalized spacial score (nSPS) is 15.1. The largest absolute Gasteiger partial charge is 0.494 e. The quantitative estimate of drug-likeness (QED) is 0.692. The molecule has 1 N–H and O–H groups in total. The Balaban J connectivity index is 1.54. The van der Waals surface area contributed by atoms with Crippen molar-refractivity contribution in [2.45, 2.75) is 44.0 Å². The van der Waals surface area contributed by atoms with Gasteiger partial charge in [-0.3, -0.25) is 4.79 Å². The predicted octanol–water partition coefficient (Wildman–Crippen LogP) is 3.67. The second kappa shape index (κ2) is 9.98. The molecule has 0 unspecified atom stereocenters. The molecule has 0 saturated carbocycles. The molecule has 3 rings (SSSR count). The van der Waals surface area contributed by atoms with E-state index in [1.54, 1.807) is 31.2 Å². The number of benzene rings is 2. The minimum atomic E-state index is -3.18. The van der Waals surface area contributed by atoms with Crippen LogP contribution in [0.1, 0.15) is 43.5 Å². The molecule has 1 saturated heterocycles. The summed E-state index contributed by atoms with van der Waals surface area (Å²) in [6.07, 6.45) is 2.60. The number of carbonyl (C=O) groups excluding carboxylic acids is 1. The van der Waals surface area contributed by atoms with Crippen LogP contribution in [0.5, 0.6) is 5.75 Å². The number of hydrogen-bond donors (Lipinski definition) is 1. The molecule has 1 aliphatic rings. The Morgan fingerprint density at radius 3 is 2.43 bits per heavy atom. The fourth-order valence-electron chi connectivity index (χ4n) is 3.53. The van der Waals surface area contributed by atoms with Crippen molar-refractivity contribution in [3.63, 3.8) is 0 Å². The van der Waals surface area contributed by atoms with E-state index in [1.165, 1.54) is 0 Å². The van der Waals surface area contributed by atoms with Crippen LogP contribution in [0.25, 0.3) is 0 Å². The molecular weight excluding hydrogens is 400 g/mol. The van der Waals surface area contributed by atoms with Gasteiger partial charge in [-0.05, 0) is 61.7 Å². The maximum atomic E-state index is 12.6. The van der Waals surface area contributed by atoms with Crippen LogP contribution in [0.4, 0.5) is 5.69 Å². The molecule has 2 aromatic rings. The van der Waals surface area contributed by atoms with Crippen LogP contribution < -0.4 is 15.0 Å². The summed E-state index contributed by atoms with van der Waals surface area (Å²) in [5.74, 6) is 0.739. The summed E-state index contributed by atoms with van der Waals surface area (Å²) in [6, 6.07) is 14.5. The monoisotopic (exact) mass is 430 g/mol. The molecule has 1 fully saturated rings. The molecule has 0 bridgehead atoms. The summed E-state index contributed by atoms with van der Waals surface area (Å²) in [7, 11) is -3.18. The molecule has 0 atom stereocenters. The van der Waals surface area contributed by atoms with E-state index in [4.69, 9.17) is 4.74 Å². The molecule has 30 heavy (non-hydrogen) atoms. The zero-order valence-electron chi connectivity index (χ0n) is 17.6. The van der Waals surface area contributed by atoms with E-state index in [-0.39, 0.29) is 17.7 Å². The third kappa shape index (κ3) is 5.53. The lowest BCUT2D eigenvalue weighted by Crippen LogP contribution is -2.44. The molecule has 1 aliphatic heterocycles. The van der Waals surface area contributed by atoms with E-state index in [0.29, 0.717) is 22.8 Å². The first-order valence-corrected chi connectivity index (χ1v) is 12.2. The average Bonchev–Trinajstić information content (AvgIpc) is 2.78. The van der Waals surface area contributed by atoms with Crippen LogP contribution in [0.15, 0.2) is 53.4 Å². The number of carbonyl (C=O) groups is 1. The number of ether oxygens (including phenoxy) is 1. The lowest BCUT2D eigenvalue weighted by molar-refractivity contribution is 0.0930. The highest BCUT2D eigenvalue weighted by molar-refractivity contribution is 7.91. The Morgan fingerprint density at radius 2 is 1.80 bits per heavy atom. The zero-order chi connectivity index (χ0) is 21.6. The maximum absolute atomic E-state index is 12.6. The van der Waals surface area contributed by atoms with Crippen molar-refractivity contribution in [2.24, 2.45) is 0 Å². The van der Waals surface area contributed by atoms with Gasteiger partial charge in [-0.15, -0.1) is 0 Å². The molecule has 0 radical (unpaired) electrons. The van der Waals surface area contributed by atoms with E-state index in [1.807, 2.05) is 31.2 Å². The maximum Gasteiger partial charge on any atom is 0.251 e. The number of hydrogen-bond acceptors (Lipinski definition) is 5. The molecule has 2 aromatic carbocycles. The van der Waals surface area contributed by atoms with Gasteiger partial charge in [-0.2, -0.15) is 0 Å². The minimum Gasteiger partial charge on any atom is -0.494 e. The zero-order valence-corrected chi connectivity index (χ0v) is 18.5. The Morgan fingerprint density at radius 1 is 1.10 bits per heavy atom. The lowest BCUT2D eigenvalue weighted by Gasteiger charge is -2.34. The fraction of sp³-hybridized carbons (Fsp3) is 0.435. The molecule has 1 amide bonds. The van der Waals surface area contributed by atoms with Gasteiger partial charge in [0.25, 0.3) is 5.91 Å². The number of nitrogens with zero attached hydrogens (tertiary/aromatic N) is 1. The van der Waals surface area contributed by atoms with E-state index < -0.39 is 9.84 Å². The molecule has 6 nitrogen and oxygen atoms in total. The minimum absolute atomic E-state index is 0.0791. The van der Waals surface area contributed by atoms with Gasteiger partial charge in [-0.25, -0.2) is 8.42 Å². The van der Waals surface area contributed by atoms with Crippen LogP contribution in [0.2, 0.25) is 0 Å². The van der Waals surface area contributed by atoms with Gasteiger partial charge in [-0.1, -0.05) is 19.9 Å². The number of nitrogens with one attached hydrogen (secondary N) is 1. The molecule has 0 spiro atoms. The van der Waals surface area contributed by atoms with Crippen LogP contribution in [-0.2, 0) is 9.84 Å². The Labute approximate surface area is 179 Å². The second-order valence-electron chi connectivity index (χ2n) is 7.51. The van der Waals surface area contributed by atoms with Gasteiger partial charge in [0.05, 0.1) is 17.3 Å². The third-order valence-corrected chi connectivity index (χ3v) is 7.09. The standard InChI is InChI=1S/C23H30N2O4S/c1-3-16-29-21-7-5-6-18(17-21)23(26)24-19-12-14-25(15-13-19)20-8-10-22(11-9-20)30(27,28)4-2/h5-11,17,19H,3-4,12-16H2,1-2H3,(H,24,26). The molecule has 7 heteroatoms. The van der Waals surface area contributed by atoms with Gasteiger partial charge >= 0.3 is 0 Å². The second-order valence-corrected chi connectivity index (χ2v) is 9.79. The van der Waals surface area contributed by atoms with E-state index >= 15 is 0 Å². The lowest BCUT2D eigenvalue weighted by atomic mass is 10.0. The van der Waals surface area contributed by atoms with Gasteiger partial charge in [0.2, 0.25) is 0 Å². The number of piperidine rings is 1. The third-order valence-electron chi connectivity index (χ3n) is 5.34. The summed E-state index contributed by atoms with van der Waals surface area (Å²) >= 11 is 0. The first kappa shape index (κ1) is 22.2. The van der Waals surface area contributed by atoms with Gasteiger partial charge < -0.3 is 15.0 Å². The average molecular weight is 431 g/mol. The van der Waals surface area contributed by atoms with E-state index in [9.17, 15) is 13.2 Å². The number of sulfone groups is 1. The summed E-state index contributed by atoms with van der Waals surface area (Å²) < 4.78 is 29.5. The van der Waals surface area contributed by atoms with Crippen LogP contribution in [0, 0.1) is 0 Å². The Bertz CT molecular complexity index is 949. The van der Waals surface area contributed by atoms with Crippen LogP contribution in [0.3, 0.4) is 0 Å². The van der Waals surface area contributed by atoms with Crippen molar-refractivity contribution in [1.82, 2.24) is 5.32 Å². The molecule has 0 aliphatic carbocycles. The first-order chi connectivity index (χ1) is 14.4. The molecule has 162 valence electrons. The van der Waals surface area contributed by atoms with Crippen molar-refractivity contribution in [1.29, 1.82) is 0 Å². The number of anilines is 1. The summed E-state index contributed by atoms with van der Waals surface area (Å²) in [4.78, 5) is 15.2. The van der Waals surface area contributed by atoms with Crippen molar-refractivity contribution in [2.75, 3.05) is 30.3 Å². The highest BCUT2D eigenvalue weighted by Gasteiger charge is 2.22. The fourth-order valence-corrected chi connectivity index (χ4v) is 4.41. The van der Waals surface area contributed by atoms with Crippen LogP contribution in [-0.4, -0.2) is 45.8 Å². The smallest absolute Gasteiger partial charge is 0.251 e. The molecule has 0 aromatic heterocycles. The van der Waals surface area contributed by atoms with Crippen molar-refractivity contribution in [3.05, 3.63) is 54.1 Å². The first-order valence-electron chi connectivity index (χ1n) is 10.5. The highest BCUT2D eigenvalue weighted by atomic mass is 32.2. The van der Waals surface area contributed by atoms with E-state index in [2.05, 4.69) is 10.2 Å². The highest BCUT2D eigenvalue weighted by Crippen LogP contribution is 2.23. The molecular formula is C23H30N2O4S. The van der Waals surface area contributed by atoms with Gasteiger partial charge in [0, 0.05) is 30.4 Å². The summed E-state index contributed by atoms with van der Waals surface area (Å²) in [5, 5.41) is 3.13. The topological polar surface area (TPSA) is 75.7 Å². The SMILES string of the molecule is CCCOc1cccc(C(=O)NC2CCN(c3ccc(S(=O)(=O)CC)cc3)CC2)c1. The van der Waals surface area contributed by atoms with Gasteiger partial charge in [0.15, 0.2) is 9.84 Å². The Hall–Kier alpha value is -2.54. The summed E-state index contributed by atoms with van der Waals surface area (Å²) in [5.41, 5.74) is 1.62.